The fourth-order valence-electron chi connectivity index (χ4n) is 2.92. The summed E-state index contributed by atoms with van der Waals surface area (Å²) in [6.07, 6.45) is 8.83. The molecule has 0 amide bonds. The summed E-state index contributed by atoms with van der Waals surface area (Å²) >= 11 is 0. The molecular formula is C15H25N3. The van der Waals surface area contributed by atoms with Crippen molar-refractivity contribution in [3.05, 3.63) is 18.3 Å². The minimum Gasteiger partial charge on any atom is -0.385 e. The molecule has 1 aliphatic rings. The minimum absolute atomic E-state index is 0.922. The Hall–Kier alpha value is -1.25. The number of nitrogens with zero attached hydrogens (tertiary/aromatic N) is 1. The van der Waals surface area contributed by atoms with Gasteiger partial charge in [-0.25, -0.2) is 4.98 Å². The van der Waals surface area contributed by atoms with E-state index in [0.29, 0.717) is 0 Å². The van der Waals surface area contributed by atoms with Crippen molar-refractivity contribution < 1.29 is 0 Å². The second-order valence-electron chi connectivity index (χ2n) is 5.53. The summed E-state index contributed by atoms with van der Waals surface area (Å²) in [6.45, 7) is 3.46. The molecule has 2 unspecified atom stereocenters. The van der Waals surface area contributed by atoms with Gasteiger partial charge in [0.25, 0.3) is 0 Å². The average Bonchev–Trinajstić information content (AvgIpc) is 2.39. The molecule has 100 valence electrons. The molecule has 3 heteroatoms. The Morgan fingerprint density at radius 3 is 3.06 bits per heavy atom. The van der Waals surface area contributed by atoms with Gasteiger partial charge in [-0.05, 0) is 30.7 Å². The van der Waals surface area contributed by atoms with Gasteiger partial charge in [-0.3, -0.25) is 0 Å². The van der Waals surface area contributed by atoms with Crippen LogP contribution in [0.2, 0.25) is 0 Å². The lowest BCUT2D eigenvalue weighted by atomic mass is 9.81. The Labute approximate surface area is 110 Å². The molecule has 1 fully saturated rings. The summed E-state index contributed by atoms with van der Waals surface area (Å²) < 4.78 is 0. The molecule has 2 atom stereocenters. The van der Waals surface area contributed by atoms with Crippen molar-refractivity contribution in [3.63, 3.8) is 0 Å². The molecular weight excluding hydrogens is 222 g/mol. The van der Waals surface area contributed by atoms with Crippen LogP contribution in [0.4, 0.5) is 11.5 Å². The Bertz CT molecular complexity index is 365. The van der Waals surface area contributed by atoms with Gasteiger partial charge in [0.2, 0.25) is 0 Å². The number of pyridine rings is 1. The minimum atomic E-state index is 0.922. The predicted octanol–water partition coefficient (Wildman–Crippen LogP) is 3.75. The molecule has 0 aliphatic heterocycles. The highest BCUT2D eigenvalue weighted by molar-refractivity contribution is 5.51. The maximum absolute atomic E-state index is 4.21. The molecule has 1 saturated carbocycles. The Morgan fingerprint density at radius 2 is 2.28 bits per heavy atom. The summed E-state index contributed by atoms with van der Waals surface area (Å²) in [5, 5.41) is 6.56. The maximum Gasteiger partial charge on any atom is 0.127 e. The first-order valence-electron chi connectivity index (χ1n) is 7.15. The van der Waals surface area contributed by atoms with Gasteiger partial charge in [-0.1, -0.05) is 26.2 Å². The van der Waals surface area contributed by atoms with Crippen molar-refractivity contribution in [1.82, 2.24) is 4.98 Å². The Balaban J connectivity index is 1.74. The molecule has 2 N–H and O–H groups in total. The largest absolute Gasteiger partial charge is 0.385 e. The van der Waals surface area contributed by atoms with Gasteiger partial charge in [-0.15, -0.1) is 0 Å². The second kappa shape index (κ2) is 6.62. The summed E-state index contributed by atoms with van der Waals surface area (Å²) in [6, 6.07) is 4.09. The van der Waals surface area contributed by atoms with Gasteiger partial charge in [0.05, 0.1) is 0 Å². The molecule has 1 aromatic rings. The van der Waals surface area contributed by atoms with E-state index in [0.717, 1.165) is 24.2 Å². The van der Waals surface area contributed by atoms with Crippen molar-refractivity contribution in [3.8, 4) is 0 Å². The zero-order valence-corrected chi connectivity index (χ0v) is 11.6. The van der Waals surface area contributed by atoms with Crippen molar-refractivity contribution in [2.75, 3.05) is 24.2 Å². The van der Waals surface area contributed by atoms with Crippen LogP contribution in [0.3, 0.4) is 0 Å². The van der Waals surface area contributed by atoms with Gasteiger partial charge in [0.1, 0.15) is 5.82 Å². The predicted molar refractivity (Wildman–Crippen MR) is 78.0 cm³/mol. The third kappa shape index (κ3) is 3.90. The zero-order valence-electron chi connectivity index (χ0n) is 11.6. The van der Waals surface area contributed by atoms with Crippen LogP contribution in [0.15, 0.2) is 18.3 Å². The molecule has 0 saturated heterocycles. The van der Waals surface area contributed by atoms with Crippen LogP contribution in [0, 0.1) is 11.8 Å². The van der Waals surface area contributed by atoms with E-state index in [-0.39, 0.29) is 0 Å². The maximum atomic E-state index is 4.21. The molecule has 0 aromatic carbocycles. The summed E-state index contributed by atoms with van der Waals surface area (Å²) in [7, 11) is 1.90. The van der Waals surface area contributed by atoms with Gasteiger partial charge in [-0.2, -0.15) is 0 Å². The highest BCUT2D eigenvalue weighted by atomic mass is 15.0. The number of hydrogen-bond acceptors (Lipinski definition) is 3. The van der Waals surface area contributed by atoms with E-state index < -0.39 is 0 Å². The summed E-state index contributed by atoms with van der Waals surface area (Å²) in [5.74, 6) is 2.78. The lowest BCUT2D eigenvalue weighted by molar-refractivity contribution is 0.274. The first-order chi connectivity index (χ1) is 8.78. The summed E-state index contributed by atoms with van der Waals surface area (Å²) in [4.78, 5) is 4.21. The fourth-order valence-corrected chi connectivity index (χ4v) is 2.92. The number of aromatic nitrogens is 1. The molecule has 1 aromatic heterocycles. The van der Waals surface area contributed by atoms with E-state index in [9.17, 15) is 0 Å². The highest BCUT2D eigenvalue weighted by Gasteiger charge is 2.18. The van der Waals surface area contributed by atoms with Crippen LogP contribution in [0.25, 0.3) is 0 Å². The van der Waals surface area contributed by atoms with E-state index >= 15 is 0 Å². The number of anilines is 2. The number of nitrogens with one attached hydrogen (secondary N) is 2. The second-order valence-corrected chi connectivity index (χ2v) is 5.53. The monoisotopic (exact) mass is 247 g/mol. The molecule has 0 bridgehead atoms. The van der Waals surface area contributed by atoms with E-state index in [2.05, 4.69) is 28.6 Å². The summed E-state index contributed by atoms with van der Waals surface area (Å²) in [5.41, 5.74) is 1.17. The van der Waals surface area contributed by atoms with Crippen molar-refractivity contribution in [2.45, 2.75) is 39.0 Å². The van der Waals surface area contributed by atoms with Crippen LogP contribution in [0.5, 0.6) is 0 Å². The van der Waals surface area contributed by atoms with E-state index in [4.69, 9.17) is 0 Å². The first kappa shape index (κ1) is 13.2. The van der Waals surface area contributed by atoms with E-state index in [1.165, 1.54) is 37.8 Å². The highest BCUT2D eigenvalue weighted by Crippen LogP contribution is 2.30. The quantitative estimate of drug-likeness (QED) is 0.832. The molecule has 1 heterocycles. The zero-order chi connectivity index (χ0) is 12.8. The lowest BCUT2D eigenvalue weighted by Crippen LogP contribution is -2.16. The van der Waals surface area contributed by atoms with Gasteiger partial charge < -0.3 is 10.6 Å². The molecule has 0 spiro atoms. The standard InChI is InChI=1S/C15H25N3/c1-12-4-3-5-13(10-12)6-8-17-14-7-9-18-15(11-14)16-2/h7,9,11-13H,3-6,8,10H2,1-2H3,(H2,16,17,18). The molecule has 2 rings (SSSR count). The molecule has 1 aliphatic carbocycles. The molecule has 3 nitrogen and oxygen atoms in total. The number of hydrogen-bond donors (Lipinski definition) is 2. The molecule has 18 heavy (non-hydrogen) atoms. The van der Waals surface area contributed by atoms with Crippen LogP contribution in [-0.4, -0.2) is 18.6 Å². The van der Waals surface area contributed by atoms with Crippen molar-refractivity contribution in [2.24, 2.45) is 11.8 Å². The van der Waals surface area contributed by atoms with Crippen LogP contribution in [0.1, 0.15) is 39.0 Å². The topological polar surface area (TPSA) is 37.0 Å². The third-order valence-electron chi connectivity index (χ3n) is 3.94. The number of rotatable bonds is 5. The van der Waals surface area contributed by atoms with Gasteiger partial charge in [0, 0.05) is 31.5 Å². The SMILES string of the molecule is CNc1cc(NCCC2CCCC(C)C2)ccn1. The lowest BCUT2D eigenvalue weighted by Gasteiger charge is -2.26. The average molecular weight is 247 g/mol. The van der Waals surface area contributed by atoms with Crippen molar-refractivity contribution >= 4 is 11.5 Å². The van der Waals surface area contributed by atoms with E-state index in [1.807, 2.05) is 19.3 Å². The van der Waals surface area contributed by atoms with Crippen LogP contribution in [-0.2, 0) is 0 Å². The van der Waals surface area contributed by atoms with Crippen molar-refractivity contribution in [1.29, 1.82) is 0 Å². The van der Waals surface area contributed by atoms with Gasteiger partial charge in [0.15, 0.2) is 0 Å². The van der Waals surface area contributed by atoms with E-state index in [1.54, 1.807) is 0 Å². The van der Waals surface area contributed by atoms with Crippen LogP contribution < -0.4 is 10.6 Å². The molecule has 0 radical (unpaired) electrons. The Morgan fingerprint density at radius 1 is 1.39 bits per heavy atom. The smallest absolute Gasteiger partial charge is 0.127 e. The third-order valence-corrected chi connectivity index (χ3v) is 3.94. The van der Waals surface area contributed by atoms with Crippen LogP contribution >= 0.6 is 0 Å². The normalized spacial score (nSPS) is 23.7. The van der Waals surface area contributed by atoms with Gasteiger partial charge >= 0.3 is 0 Å². The fraction of sp³-hybridized carbons (Fsp3) is 0.667. The Kier molecular flexibility index (Phi) is 4.85. The first-order valence-corrected chi connectivity index (χ1v) is 7.15.